The lowest BCUT2D eigenvalue weighted by molar-refractivity contribution is 0.0945. The summed E-state index contributed by atoms with van der Waals surface area (Å²) in [7, 11) is 0. The zero-order valence-electron chi connectivity index (χ0n) is 11.0. The number of rotatable bonds is 4. The predicted octanol–water partition coefficient (Wildman–Crippen LogP) is 0.503. The molecule has 0 unspecified atom stereocenters. The van der Waals surface area contributed by atoms with Gasteiger partial charge >= 0.3 is 0 Å². The SMILES string of the molecule is Nc1[nH]ncc1CNC(=O)c1cnn(-c2ccccc2)n1. The number of nitrogens with two attached hydrogens (primary N) is 1. The molecule has 2 heterocycles. The van der Waals surface area contributed by atoms with E-state index in [1.54, 1.807) is 6.20 Å². The summed E-state index contributed by atoms with van der Waals surface area (Å²) >= 11 is 0. The number of nitrogen functional groups attached to an aromatic ring is 1. The molecule has 106 valence electrons. The van der Waals surface area contributed by atoms with E-state index in [-0.39, 0.29) is 18.1 Å². The number of para-hydroxylation sites is 1. The number of hydrogen-bond acceptors (Lipinski definition) is 5. The Hall–Kier alpha value is -3.16. The molecule has 0 fully saturated rings. The lowest BCUT2D eigenvalue weighted by atomic mass is 10.3. The molecule has 1 amide bonds. The first-order valence-electron chi connectivity index (χ1n) is 6.28. The topological polar surface area (TPSA) is 115 Å². The Morgan fingerprint density at radius 3 is 2.81 bits per heavy atom. The van der Waals surface area contributed by atoms with Gasteiger partial charge in [0, 0.05) is 12.1 Å². The Bertz CT molecular complexity index is 747. The van der Waals surface area contributed by atoms with E-state index in [4.69, 9.17) is 5.73 Å². The molecule has 1 aromatic carbocycles. The molecule has 0 saturated heterocycles. The fourth-order valence-electron chi connectivity index (χ4n) is 1.78. The van der Waals surface area contributed by atoms with Gasteiger partial charge in [0.15, 0.2) is 5.69 Å². The maximum absolute atomic E-state index is 12.0. The van der Waals surface area contributed by atoms with Crippen LogP contribution in [0.4, 0.5) is 5.82 Å². The smallest absolute Gasteiger partial charge is 0.273 e. The number of aromatic nitrogens is 5. The highest BCUT2D eigenvalue weighted by molar-refractivity contribution is 5.91. The molecule has 0 bridgehead atoms. The van der Waals surface area contributed by atoms with Crippen molar-refractivity contribution in [1.29, 1.82) is 0 Å². The summed E-state index contributed by atoms with van der Waals surface area (Å²) in [6.07, 6.45) is 2.98. The van der Waals surface area contributed by atoms with Crippen molar-refractivity contribution < 1.29 is 4.79 Å². The van der Waals surface area contributed by atoms with Gasteiger partial charge in [-0.15, -0.1) is 5.10 Å². The van der Waals surface area contributed by atoms with E-state index in [9.17, 15) is 4.79 Å². The zero-order chi connectivity index (χ0) is 14.7. The Morgan fingerprint density at radius 1 is 1.29 bits per heavy atom. The summed E-state index contributed by atoms with van der Waals surface area (Å²) in [6, 6.07) is 9.36. The van der Waals surface area contributed by atoms with Crippen LogP contribution in [-0.2, 0) is 6.54 Å². The molecule has 0 radical (unpaired) electrons. The molecule has 0 aliphatic carbocycles. The lowest BCUT2D eigenvalue weighted by Gasteiger charge is -2.01. The molecule has 0 aliphatic heterocycles. The summed E-state index contributed by atoms with van der Waals surface area (Å²) in [5.41, 5.74) is 7.39. The Labute approximate surface area is 120 Å². The summed E-state index contributed by atoms with van der Waals surface area (Å²) in [5, 5.41) is 17.3. The third-order valence-electron chi connectivity index (χ3n) is 2.90. The molecule has 0 atom stereocenters. The van der Waals surface area contributed by atoms with Crippen molar-refractivity contribution >= 4 is 11.7 Å². The van der Waals surface area contributed by atoms with Gasteiger partial charge < -0.3 is 11.1 Å². The van der Waals surface area contributed by atoms with Gasteiger partial charge in [0.05, 0.1) is 18.1 Å². The number of aromatic amines is 1. The van der Waals surface area contributed by atoms with E-state index >= 15 is 0 Å². The number of amides is 1. The molecule has 3 aromatic rings. The van der Waals surface area contributed by atoms with Crippen molar-refractivity contribution in [2.75, 3.05) is 5.73 Å². The van der Waals surface area contributed by atoms with Gasteiger partial charge in [-0.2, -0.15) is 15.0 Å². The first-order valence-corrected chi connectivity index (χ1v) is 6.28. The molecule has 8 nitrogen and oxygen atoms in total. The van der Waals surface area contributed by atoms with Crippen LogP contribution in [0.1, 0.15) is 16.1 Å². The van der Waals surface area contributed by atoms with Gasteiger partial charge in [-0.25, -0.2) is 0 Å². The van der Waals surface area contributed by atoms with Crippen LogP contribution in [0.25, 0.3) is 5.69 Å². The van der Waals surface area contributed by atoms with E-state index < -0.39 is 0 Å². The molecule has 2 aromatic heterocycles. The highest BCUT2D eigenvalue weighted by atomic mass is 16.2. The molecule has 4 N–H and O–H groups in total. The zero-order valence-corrected chi connectivity index (χ0v) is 11.0. The van der Waals surface area contributed by atoms with E-state index in [0.717, 1.165) is 11.3 Å². The average Bonchev–Trinajstić information content (AvgIpc) is 3.15. The Morgan fingerprint density at radius 2 is 2.10 bits per heavy atom. The van der Waals surface area contributed by atoms with Crippen molar-refractivity contribution in [2.45, 2.75) is 6.54 Å². The van der Waals surface area contributed by atoms with Crippen LogP contribution >= 0.6 is 0 Å². The van der Waals surface area contributed by atoms with Gasteiger partial charge in [0.25, 0.3) is 5.91 Å². The second-order valence-electron chi connectivity index (χ2n) is 4.35. The van der Waals surface area contributed by atoms with Crippen molar-refractivity contribution in [1.82, 2.24) is 30.5 Å². The average molecular weight is 283 g/mol. The predicted molar refractivity (Wildman–Crippen MR) is 75.5 cm³/mol. The van der Waals surface area contributed by atoms with Gasteiger partial charge in [-0.3, -0.25) is 9.89 Å². The third kappa shape index (κ3) is 2.73. The summed E-state index contributed by atoms with van der Waals surface area (Å²) < 4.78 is 0. The van der Waals surface area contributed by atoms with Crippen LogP contribution in [0, 0.1) is 0 Å². The van der Waals surface area contributed by atoms with Crippen molar-refractivity contribution in [3.63, 3.8) is 0 Å². The number of anilines is 1. The van der Waals surface area contributed by atoms with E-state index in [1.165, 1.54) is 11.0 Å². The first kappa shape index (κ1) is 12.9. The van der Waals surface area contributed by atoms with Crippen LogP contribution in [0.5, 0.6) is 0 Å². The number of nitrogens with one attached hydrogen (secondary N) is 2. The van der Waals surface area contributed by atoms with Crippen LogP contribution < -0.4 is 11.1 Å². The third-order valence-corrected chi connectivity index (χ3v) is 2.90. The van der Waals surface area contributed by atoms with Crippen LogP contribution in [0.3, 0.4) is 0 Å². The molecule has 21 heavy (non-hydrogen) atoms. The Balaban J connectivity index is 1.69. The molecule has 0 aliphatic rings. The van der Waals surface area contributed by atoms with E-state index in [1.807, 2.05) is 30.3 Å². The number of carbonyl (C=O) groups is 1. The van der Waals surface area contributed by atoms with Gasteiger partial charge in [0.2, 0.25) is 0 Å². The summed E-state index contributed by atoms with van der Waals surface area (Å²) in [4.78, 5) is 13.4. The number of hydrogen-bond donors (Lipinski definition) is 3. The molecule has 0 spiro atoms. The fourth-order valence-corrected chi connectivity index (χ4v) is 1.78. The van der Waals surface area contributed by atoms with Crippen molar-refractivity contribution in [3.05, 3.63) is 54.0 Å². The fraction of sp³-hybridized carbons (Fsp3) is 0.0769. The second-order valence-corrected chi connectivity index (χ2v) is 4.35. The molecular formula is C13H13N7O. The largest absolute Gasteiger partial charge is 0.384 e. The van der Waals surface area contributed by atoms with Crippen LogP contribution in [0.2, 0.25) is 0 Å². The van der Waals surface area contributed by atoms with Crippen molar-refractivity contribution in [3.8, 4) is 5.69 Å². The molecule has 3 rings (SSSR count). The highest BCUT2D eigenvalue weighted by Crippen LogP contribution is 2.06. The first-order chi connectivity index (χ1) is 10.2. The van der Waals surface area contributed by atoms with E-state index in [2.05, 4.69) is 25.7 Å². The van der Waals surface area contributed by atoms with Crippen LogP contribution in [-0.4, -0.2) is 31.1 Å². The number of carbonyl (C=O) groups excluding carboxylic acids is 1. The van der Waals surface area contributed by atoms with Crippen LogP contribution in [0.15, 0.2) is 42.7 Å². The molecular weight excluding hydrogens is 270 g/mol. The highest BCUT2D eigenvalue weighted by Gasteiger charge is 2.12. The normalized spacial score (nSPS) is 10.5. The maximum atomic E-state index is 12.0. The lowest BCUT2D eigenvalue weighted by Crippen LogP contribution is -2.23. The number of H-pyrrole nitrogens is 1. The number of nitrogens with zero attached hydrogens (tertiary/aromatic N) is 4. The molecule has 0 saturated carbocycles. The van der Waals surface area contributed by atoms with E-state index in [0.29, 0.717) is 5.82 Å². The minimum absolute atomic E-state index is 0.237. The number of benzene rings is 1. The standard InChI is InChI=1S/C13H13N7O/c14-12-9(7-16-18-12)6-15-13(21)11-8-17-20(19-11)10-4-2-1-3-5-10/h1-5,7-8H,6H2,(H,15,21)(H3,14,16,18). The monoisotopic (exact) mass is 283 g/mol. The maximum Gasteiger partial charge on any atom is 0.273 e. The molecule has 8 heteroatoms. The summed E-state index contributed by atoms with van der Waals surface area (Å²) in [5.74, 6) is 0.112. The van der Waals surface area contributed by atoms with Crippen molar-refractivity contribution in [2.24, 2.45) is 0 Å². The second kappa shape index (κ2) is 5.45. The Kier molecular flexibility index (Phi) is 3.34. The van der Waals surface area contributed by atoms with Gasteiger partial charge in [0.1, 0.15) is 5.82 Å². The summed E-state index contributed by atoms with van der Waals surface area (Å²) in [6.45, 7) is 0.277. The van der Waals surface area contributed by atoms with Gasteiger partial charge in [-0.05, 0) is 12.1 Å². The quantitative estimate of drug-likeness (QED) is 0.645. The van der Waals surface area contributed by atoms with Gasteiger partial charge in [-0.1, -0.05) is 18.2 Å². The minimum Gasteiger partial charge on any atom is -0.384 e. The minimum atomic E-state index is -0.321.